The maximum absolute atomic E-state index is 13.7. The van der Waals surface area contributed by atoms with Crippen molar-refractivity contribution in [2.45, 2.75) is 45.1 Å². The summed E-state index contributed by atoms with van der Waals surface area (Å²) in [6.07, 6.45) is 6.43. The molecule has 0 amide bonds. The highest BCUT2D eigenvalue weighted by Crippen LogP contribution is 2.38. The molecule has 2 rings (SSSR count). The van der Waals surface area contributed by atoms with Crippen LogP contribution in [0.5, 0.6) is 0 Å². The SMILES string of the molecule is CCC1CCC(C(NC)c2ccc(Br)c(F)c2)CC1. The molecule has 1 aliphatic rings. The van der Waals surface area contributed by atoms with Crippen molar-refractivity contribution in [2.24, 2.45) is 11.8 Å². The quantitative estimate of drug-likeness (QED) is 0.814. The minimum Gasteiger partial charge on any atom is -0.313 e. The Kier molecular flexibility index (Phi) is 5.40. The van der Waals surface area contributed by atoms with Crippen LogP contribution in [0, 0.1) is 17.7 Å². The maximum atomic E-state index is 13.7. The van der Waals surface area contributed by atoms with Gasteiger partial charge in [-0.15, -0.1) is 0 Å². The molecule has 3 heteroatoms. The van der Waals surface area contributed by atoms with Gasteiger partial charge in [-0.25, -0.2) is 4.39 Å². The molecule has 0 bridgehead atoms. The van der Waals surface area contributed by atoms with E-state index in [1.54, 1.807) is 6.07 Å². The van der Waals surface area contributed by atoms with Crippen LogP contribution in [0.25, 0.3) is 0 Å². The van der Waals surface area contributed by atoms with E-state index in [-0.39, 0.29) is 11.9 Å². The second kappa shape index (κ2) is 6.85. The van der Waals surface area contributed by atoms with Gasteiger partial charge in [0.2, 0.25) is 0 Å². The molecule has 1 aliphatic carbocycles. The van der Waals surface area contributed by atoms with Gasteiger partial charge in [-0.2, -0.15) is 0 Å². The molecule has 0 saturated heterocycles. The van der Waals surface area contributed by atoms with Gasteiger partial charge in [0.15, 0.2) is 0 Å². The highest BCUT2D eigenvalue weighted by molar-refractivity contribution is 9.10. The summed E-state index contributed by atoms with van der Waals surface area (Å²) in [6.45, 7) is 2.28. The molecule has 1 fully saturated rings. The lowest BCUT2D eigenvalue weighted by molar-refractivity contribution is 0.224. The Balaban J connectivity index is 2.09. The monoisotopic (exact) mass is 327 g/mol. The topological polar surface area (TPSA) is 12.0 Å². The fourth-order valence-corrected chi connectivity index (χ4v) is 3.56. The van der Waals surface area contributed by atoms with E-state index >= 15 is 0 Å². The number of rotatable bonds is 4. The van der Waals surface area contributed by atoms with Crippen molar-refractivity contribution >= 4 is 15.9 Å². The van der Waals surface area contributed by atoms with E-state index in [4.69, 9.17) is 0 Å². The molecular formula is C16H23BrFN. The van der Waals surface area contributed by atoms with Gasteiger partial charge in [0, 0.05) is 6.04 Å². The lowest BCUT2D eigenvalue weighted by Gasteiger charge is -2.33. The first-order chi connectivity index (χ1) is 9.15. The molecule has 19 heavy (non-hydrogen) atoms. The smallest absolute Gasteiger partial charge is 0.137 e. The molecule has 0 radical (unpaired) electrons. The van der Waals surface area contributed by atoms with Gasteiger partial charge in [-0.1, -0.05) is 32.3 Å². The summed E-state index contributed by atoms with van der Waals surface area (Å²) < 4.78 is 14.2. The standard InChI is InChI=1S/C16H23BrFN/c1-3-11-4-6-12(7-5-11)16(19-2)13-8-9-14(17)15(18)10-13/h8-12,16,19H,3-7H2,1-2H3. The fourth-order valence-electron chi connectivity index (χ4n) is 3.31. The second-order valence-corrected chi connectivity index (χ2v) is 6.48. The van der Waals surface area contributed by atoms with Crippen molar-refractivity contribution in [3.63, 3.8) is 0 Å². The Labute approximate surface area is 124 Å². The van der Waals surface area contributed by atoms with Crippen LogP contribution in [-0.2, 0) is 0 Å². The summed E-state index contributed by atoms with van der Waals surface area (Å²) in [7, 11) is 1.98. The van der Waals surface area contributed by atoms with Gasteiger partial charge >= 0.3 is 0 Å². The van der Waals surface area contributed by atoms with Crippen LogP contribution < -0.4 is 5.32 Å². The van der Waals surface area contributed by atoms with Gasteiger partial charge < -0.3 is 5.32 Å². The summed E-state index contributed by atoms with van der Waals surface area (Å²) in [6, 6.07) is 5.78. The van der Waals surface area contributed by atoms with Gasteiger partial charge in [0.05, 0.1) is 4.47 Å². The predicted octanol–water partition coefficient (Wildman–Crippen LogP) is 5.07. The summed E-state index contributed by atoms with van der Waals surface area (Å²) in [5, 5.41) is 3.39. The number of halogens is 2. The Morgan fingerprint density at radius 1 is 1.32 bits per heavy atom. The molecule has 1 nitrogen and oxygen atoms in total. The lowest BCUT2D eigenvalue weighted by atomic mass is 9.76. The highest BCUT2D eigenvalue weighted by Gasteiger charge is 2.27. The zero-order valence-electron chi connectivity index (χ0n) is 11.8. The van der Waals surface area contributed by atoms with Crippen LogP contribution in [0.4, 0.5) is 4.39 Å². The fraction of sp³-hybridized carbons (Fsp3) is 0.625. The van der Waals surface area contributed by atoms with E-state index in [0.29, 0.717) is 10.4 Å². The Bertz CT molecular complexity index is 413. The van der Waals surface area contributed by atoms with Crippen LogP contribution in [0.2, 0.25) is 0 Å². The minimum absolute atomic E-state index is 0.167. The van der Waals surface area contributed by atoms with E-state index in [1.165, 1.54) is 32.1 Å². The summed E-state index contributed by atoms with van der Waals surface area (Å²) >= 11 is 3.22. The third-order valence-corrected chi connectivity index (χ3v) is 5.20. The van der Waals surface area contributed by atoms with Crippen LogP contribution in [0.1, 0.15) is 50.6 Å². The third-order valence-electron chi connectivity index (χ3n) is 4.55. The zero-order valence-corrected chi connectivity index (χ0v) is 13.3. The lowest BCUT2D eigenvalue weighted by Crippen LogP contribution is -2.28. The Morgan fingerprint density at radius 3 is 2.53 bits per heavy atom. The minimum atomic E-state index is -0.167. The zero-order chi connectivity index (χ0) is 13.8. The first-order valence-corrected chi connectivity index (χ1v) is 8.07. The molecule has 106 valence electrons. The van der Waals surface area contributed by atoms with Gasteiger partial charge in [0.25, 0.3) is 0 Å². The van der Waals surface area contributed by atoms with Gasteiger partial charge in [-0.3, -0.25) is 0 Å². The summed E-state index contributed by atoms with van der Waals surface area (Å²) in [5.74, 6) is 1.36. The normalized spacial score (nSPS) is 25.3. The van der Waals surface area contributed by atoms with Crippen LogP contribution >= 0.6 is 15.9 Å². The molecule has 1 saturated carbocycles. The molecule has 1 aromatic carbocycles. The molecule has 1 aromatic rings. The Morgan fingerprint density at radius 2 is 2.00 bits per heavy atom. The van der Waals surface area contributed by atoms with Crippen molar-refractivity contribution in [3.05, 3.63) is 34.1 Å². The van der Waals surface area contributed by atoms with Crippen LogP contribution in [-0.4, -0.2) is 7.05 Å². The van der Waals surface area contributed by atoms with Crippen molar-refractivity contribution in [2.75, 3.05) is 7.05 Å². The van der Waals surface area contributed by atoms with Crippen molar-refractivity contribution < 1.29 is 4.39 Å². The maximum Gasteiger partial charge on any atom is 0.137 e. The number of hydrogen-bond donors (Lipinski definition) is 1. The van der Waals surface area contributed by atoms with E-state index in [9.17, 15) is 4.39 Å². The predicted molar refractivity (Wildman–Crippen MR) is 81.6 cm³/mol. The van der Waals surface area contributed by atoms with Crippen LogP contribution in [0.3, 0.4) is 0 Å². The first kappa shape index (κ1) is 15.0. The van der Waals surface area contributed by atoms with E-state index < -0.39 is 0 Å². The molecule has 0 spiro atoms. The number of nitrogens with one attached hydrogen (secondary N) is 1. The molecule has 1 N–H and O–H groups in total. The Hall–Kier alpha value is -0.410. The number of benzene rings is 1. The average molecular weight is 328 g/mol. The highest BCUT2D eigenvalue weighted by atomic mass is 79.9. The third kappa shape index (κ3) is 3.57. The number of hydrogen-bond acceptors (Lipinski definition) is 1. The van der Waals surface area contributed by atoms with Gasteiger partial charge in [0.1, 0.15) is 5.82 Å². The van der Waals surface area contributed by atoms with Crippen molar-refractivity contribution in [1.29, 1.82) is 0 Å². The van der Waals surface area contributed by atoms with Crippen LogP contribution in [0.15, 0.2) is 22.7 Å². The molecule has 0 aliphatic heterocycles. The van der Waals surface area contributed by atoms with Gasteiger partial charge in [-0.05, 0) is 65.4 Å². The summed E-state index contributed by atoms with van der Waals surface area (Å²) in [5.41, 5.74) is 1.07. The second-order valence-electron chi connectivity index (χ2n) is 5.63. The molecule has 1 unspecified atom stereocenters. The first-order valence-electron chi connectivity index (χ1n) is 7.28. The molecule has 0 aromatic heterocycles. The largest absolute Gasteiger partial charge is 0.313 e. The van der Waals surface area contributed by atoms with E-state index in [0.717, 1.165) is 11.5 Å². The summed E-state index contributed by atoms with van der Waals surface area (Å²) in [4.78, 5) is 0. The molecule has 1 atom stereocenters. The molecular weight excluding hydrogens is 305 g/mol. The molecule has 0 heterocycles. The average Bonchev–Trinajstić information content (AvgIpc) is 2.44. The van der Waals surface area contributed by atoms with Crippen molar-refractivity contribution in [1.82, 2.24) is 5.32 Å². The van der Waals surface area contributed by atoms with E-state index in [1.807, 2.05) is 19.2 Å². The van der Waals surface area contributed by atoms with E-state index in [2.05, 4.69) is 28.2 Å². The van der Waals surface area contributed by atoms with Crippen molar-refractivity contribution in [3.8, 4) is 0 Å².